The smallest absolute Gasteiger partial charge is 0.257 e. The number of anilines is 1. The highest BCUT2D eigenvalue weighted by atomic mass is 19.1. The van der Waals surface area contributed by atoms with Crippen LogP contribution in [0.1, 0.15) is 10.4 Å². The van der Waals surface area contributed by atoms with E-state index in [0.29, 0.717) is 0 Å². The van der Waals surface area contributed by atoms with Gasteiger partial charge in [-0.05, 0) is 24.3 Å². The van der Waals surface area contributed by atoms with Crippen molar-refractivity contribution >= 4 is 11.6 Å². The molecule has 0 aliphatic heterocycles. The zero-order chi connectivity index (χ0) is 12.3. The lowest BCUT2D eigenvalue weighted by atomic mass is 10.2. The van der Waals surface area contributed by atoms with E-state index >= 15 is 0 Å². The fraction of sp³-hybridized carbons (Fsp3) is 0. The average Bonchev–Trinajstić information content (AvgIpc) is 2.35. The minimum absolute atomic E-state index is 0.196. The fourth-order valence-corrected chi connectivity index (χ4v) is 1.28. The highest BCUT2D eigenvalue weighted by Gasteiger charge is 2.09. The lowest BCUT2D eigenvalue weighted by molar-refractivity contribution is 0.102. The predicted octanol–water partition coefficient (Wildman–Crippen LogP) is 2.61. The molecule has 0 saturated carbocycles. The third kappa shape index (κ3) is 2.63. The van der Waals surface area contributed by atoms with Gasteiger partial charge in [0.05, 0.1) is 11.3 Å². The van der Waals surface area contributed by atoms with Crippen LogP contribution in [0, 0.1) is 11.6 Å². The highest BCUT2D eigenvalue weighted by molar-refractivity contribution is 6.04. The number of amides is 1. The summed E-state index contributed by atoms with van der Waals surface area (Å²) in [5, 5.41) is 2.27. The molecular formula is C12H8F2N2O. The predicted molar refractivity (Wildman–Crippen MR) is 58.5 cm³/mol. The molecule has 0 atom stereocenters. The Labute approximate surface area is 96.1 Å². The Hall–Kier alpha value is -2.30. The number of halogens is 2. The maximum atomic E-state index is 13.2. The Balaban J connectivity index is 2.22. The summed E-state index contributed by atoms with van der Waals surface area (Å²) in [4.78, 5) is 15.4. The SMILES string of the molecule is O=C(Nc1cc(F)ccc1F)c1cccnc1. The van der Waals surface area contributed by atoms with Gasteiger partial charge in [-0.1, -0.05) is 0 Å². The Morgan fingerprint density at radius 3 is 2.76 bits per heavy atom. The first-order chi connectivity index (χ1) is 8.16. The molecule has 0 aliphatic carbocycles. The second-order valence-electron chi connectivity index (χ2n) is 3.32. The van der Waals surface area contributed by atoms with Gasteiger partial charge in [0.1, 0.15) is 11.6 Å². The topological polar surface area (TPSA) is 42.0 Å². The summed E-state index contributed by atoms with van der Waals surface area (Å²) in [7, 11) is 0. The summed E-state index contributed by atoms with van der Waals surface area (Å²) in [6.07, 6.45) is 2.85. The molecule has 86 valence electrons. The second kappa shape index (κ2) is 4.69. The van der Waals surface area contributed by atoms with Gasteiger partial charge in [-0.2, -0.15) is 0 Å². The van der Waals surface area contributed by atoms with E-state index in [1.807, 2.05) is 0 Å². The summed E-state index contributed by atoms with van der Waals surface area (Å²) in [6.45, 7) is 0. The molecule has 1 aromatic carbocycles. The molecule has 17 heavy (non-hydrogen) atoms. The van der Waals surface area contributed by atoms with Gasteiger partial charge in [0.15, 0.2) is 0 Å². The first kappa shape index (κ1) is 11.2. The molecule has 1 heterocycles. The number of nitrogens with one attached hydrogen (secondary N) is 1. The van der Waals surface area contributed by atoms with Crippen molar-refractivity contribution in [3.8, 4) is 0 Å². The number of benzene rings is 1. The fourth-order valence-electron chi connectivity index (χ4n) is 1.28. The third-order valence-electron chi connectivity index (χ3n) is 2.10. The summed E-state index contributed by atoms with van der Waals surface area (Å²) in [5.41, 5.74) is 0.0787. The lowest BCUT2D eigenvalue weighted by Crippen LogP contribution is -2.13. The zero-order valence-electron chi connectivity index (χ0n) is 8.65. The number of hydrogen-bond donors (Lipinski definition) is 1. The minimum atomic E-state index is -0.691. The van der Waals surface area contributed by atoms with Crippen molar-refractivity contribution in [2.75, 3.05) is 5.32 Å². The van der Waals surface area contributed by atoms with Gasteiger partial charge in [-0.25, -0.2) is 8.78 Å². The standard InChI is InChI=1S/C12H8F2N2O/c13-9-3-4-10(14)11(6-9)16-12(17)8-2-1-5-15-7-8/h1-7H,(H,16,17). The van der Waals surface area contributed by atoms with Crippen LogP contribution in [0.2, 0.25) is 0 Å². The molecule has 1 N–H and O–H groups in total. The molecule has 0 fully saturated rings. The first-order valence-corrected chi connectivity index (χ1v) is 4.83. The van der Waals surface area contributed by atoms with Crippen molar-refractivity contribution in [3.63, 3.8) is 0 Å². The zero-order valence-corrected chi connectivity index (χ0v) is 8.65. The average molecular weight is 234 g/mol. The van der Waals surface area contributed by atoms with Gasteiger partial charge < -0.3 is 5.32 Å². The van der Waals surface area contributed by atoms with Crippen LogP contribution in [0.4, 0.5) is 14.5 Å². The monoisotopic (exact) mass is 234 g/mol. The van der Waals surface area contributed by atoms with Crippen LogP contribution < -0.4 is 5.32 Å². The van der Waals surface area contributed by atoms with E-state index in [1.165, 1.54) is 18.5 Å². The van der Waals surface area contributed by atoms with Crippen molar-refractivity contribution in [2.45, 2.75) is 0 Å². The number of aromatic nitrogens is 1. The number of pyridine rings is 1. The van der Waals surface area contributed by atoms with Crippen molar-refractivity contribution in [3.05, 3.63) is 59.9 Å². The van der Waals surface area contributed by atoms with Crippen LogP contribution in [0.25, 0.3) is 0 Å². The summed E-state index contributed by atoms with van der Waals surface area (Å²) >= 11 is 0. The van der Waals surface area contributed by atoms with Gasteiger partial charge >= 0.3 is 0 Å². The van der Waals surface area contributed by atoms with Gasteiger partial charge in [-0.15, -0.1) is 0 Å². The van der Waals surface area contributed by atoms with Crippen molar-refractivity contribution in [1.82, 2.24) is 4.98 Å². The molecule has 0 unspecified atom stereocenters. The molecule has 0 saturated heterocycles. The second-order valence-corrected chi connectivity index (χ2v) is 3.32. The van der Waals surface area contributed by atoms with E-state index < -0.39 is 17.5 Å². The molecule has 2 aromatic rings. The maximum absolute atomic E-state index is 13.2. The summed E-state index contributed by atoms with van der Waals surface area (Å²) < 4.78 is 26.1. The van der Waals surface area contributed by atoms with Crippen LogP contribution in [0.3, 0.4) is 0 Å². The van der Waals surface area contributed by atoms with E-state index in [0.717, 1.165) is 18.2 Å². The molecule has 5 heteroatoms. The molecule has 2 rings (SSSR count). The van der Waals surface area contributed by atoms with E-state index in [1.54, 1.807) is 6.07 Å². The van der Waals surface area contributed by atoms with E-state index in [9.17, 15) is 13.6 Å². The quantitative estimate of drug-likeness (QED) is 0.867. The maximum Gasteiger partial charge on any atom is 0.257 e. The van der Waals surface area contributed by atoms with Gasteiger partial charge in [0.25, 0.3) is 5.91 Å². The van der Waals surface area contributed by atoms with Crippen LogP contribution in [0.15, 0.2) is 42.7 Å². The summed E-state index contributed by atoms with van der Waals surface area (Å²) in [5.74, 6) is -1.85. The normalized spacial score (nSPS) is 10.0. The molecule has 0 bridgehead atoms. The molecule has 0 aliphatic rings. The number of rotatable bonds is 2. The van der Waals surface area contributed by atoms with E-state index in [2.05, 4.69) is 10.3 Å². The van der Waals surface area contributed by atoms with Gasteiger partial charge in [0, 0.05) is 18.5 Å². The molecular weight excluding hydrogens is 226 g/mol. The van der Waals surface area contributed by atoms with E-state index in [-0.39, 0.29) is 11.3 Å². The molecule has 1 amide bonds. The minimum Gasteiger partial charge on any atom is -0.319 e. The van der Waals surface area contributed by atoms with Crippen LogP contribution in [-0.2, 0) is 0 Å². The first-order valence-electron chi connectivity index (χ1n) is 4.83. The van der Waals surface area contributed by atoms with Crippen LogP contribution in [0.5, 0.6) is 0 Å². The molecule has 0 spiro atoms. The van der Waals surface area contributed by atoms with Crippen molar-refractivity contribution in [1.29, 1.82) is 0 Å². The van der Waals surface area contributed by atoms with Gasteiger partial charge in [0.2, 0.25) is 0 Å². The van der Waals surface area contributed by atoms with Crippen molar-refractivity contribution < 1.29 is 13.6 Å². The van der Waals surface area contributed by atoms with Crippen LogP contribution >= 0.6 is 0 Å². The largest absolute Gasteiger partial charge is 0.319 e. The summed E-state index contributed by atoms with van der Waals surface area (Å²) in [6, 6.07) is 5.96. The number of carbonyl (C=O) groups excluding carboxylic acids is 1. The Morgan fingerprint density at radius 2 is 2.06 bits per heavy atom. The molecule has 1 aromatic heterocycles. The molecule has 0 radical (unpaired) electrons. The molecule has 3 nitrogen and oxygen atoms in total. The van der Waals surface area contributed by atoms with Crippen molar-refractivity contribution in [2.24, 2.45) is 0 Å². The highest BCUT2D eigenvalue weighted by Crippen LogP contribution is 2.16. The number of nitrogens with zero attached hydrogens (tertiary/aromatic N) is 1. The Morgan fingerprint density at radius 1 is 1.24 bits per heavy atom. The third-order valence-corrected chi connectivity index (χ3v) is 2.10. The lowest BCUT2D eigenvalue weighted by Gasteiger charge is -2.05. The Kier molecular flexibility index (Phi) is 3.09. The van der Waals surface area contributed by atoms with Gasteiger partial charge in [-0.3, -0.25) is 9.78 Å². The van der Waals surface area contributed by atoms with Crippen LogP contribution in [-0.4, -0.2) is 10.9 Å². The number of hydrogen-bond acceptors (Lipinski definition) is 2. The Bertz CT molecular complexity index is 543. The van der Waals surface area contributed by atoms with E-state index in [4.69, 9.17) is 0 Å². The number of carbonyl (C=O) groups is 1.